The lowest BCUT2D eigenvalue weighted by molar-refractivity contribution is 0.666. The van der Waals surface area contributed by atoms with E-state index in [-0.39, 0.29) is 0 Å². The van der Waals surface area contributed by atoms with E-state index in [0.29, 0.717) is 5.82 Å². The van der Waals surface area contributed by atoms with Crippen molar-refractivity contribution >= 4 is 75.3 Å². The number of furan rings is 1. The minimum atomic E-state index is 0.672. The van der Waals surface area contributed by atoms with Crippen LogP contribution in [0.2, 0.25) is 0 Å². The van der Waals surface area contributed by atoms with Crippen molar-refractivity contribution in [1.82, 2.24) is 14.5 Å². The van der Waals surface area contributed by atoms with Gasteiger partial charge in [-0.1, -0.05) is 170 Å². The number of aromatic nitrogens is 3. The van der Waals surface area contributed by atoms with Gasteiger partial charge in [-0.2, -0.15) is 0 Å². The Morgan fingerprint density at radius 2 is 0.984 bits per heavy atom. The molecule has 0 amide bonds. The van der Waals surface area contributed by atoms with Gasteiger partial charge in [0.2, 0.25) is 0 Å². The van der Waals surface area contributed by atoms with Gasteiger partial charge in [-0.05, 0) is 59.2 Å². The van der Waals surface area contributed by atoms with E-state index in [2.05, 4.69) is 199 Å². The summed E-state index contributed by atoms with van der Waals surface area (Å²) < 4.78 is 12.3. The van der Waals surface area contributed by atoms with E-state index in [1.165, 1.54) is 30.9 Å². The second kappa shape index (κ2) is 14.2. The molecule has 0 saturated carbocycles. The number of benzene rings is 9. The maximum atomic E-state index is 7.30. The molecule has 0 aliphatic carbocycles. The van der Waals surface area contributed by atoms with Crippen LogP contribution in [-0.2, 0) is 0 Å². The van der Waals surface area contributed by atoms with Crippen molar-refractivity contribution in [2.75, 3.05) is 0 Å². The van der Waals surface area contributed by atoms with Gasteiger partial charge in [-0.3, -0.25) is 0 Å². The molecule has 0 aliphatic heterocycles. The monoisotopic (exact) mass is 821 g/mol. The normalized spacial score (nSPS) is 11.8. The molecule has 0 N–H and O–H groups in total. The van der Waals surface area contributed by atoms with Gasteiger partial charge in [-0.25, -0.2) is 9.97 Å². The van der Waals surface area contributed by atoms with Crippen molar-refractivity contribution < 1.29 is 4.42 Å². The lowest BCUT2D eigenvalue weighted by Gasteiger charge is -2.18. The molecule has 0 aliphatic rings. The SMILES string of the molecule is c1ccc(-c2cc(-c3c(-c4ccccc4)nc(-c4ccccc4)nc3-c3ccccc3)c3c(c2)oc2c(-n4c5ccccc5c5cc6sc7ccccc7c6cc54)cccc23)cc1. The molecule has 13 aromatic rings. The summed E-state index contributed by atoms with van der Waals surface area (Å²) in [6.45, 7) is 0. The third kappa shape index (κ3) is 5.67. The summed E-state index contributed by atoms with van der Waals surface area (Å²) >= 11 is 1.86. The second-order valence-corrected chi connectivity index (χ2v) is 17.1. The zero-order valence-electron chi connectivity index (χ0n) is 33.9. The lowest BCUT2D eigenvalue weighted by atomic mass is 9.89. The van der Waals surface area contributed by atoms with Crippen LogP contribution in [0.5, 0.6) is 0 Å². The standard InChI is InChI=1S/C58H35N3OS/c1-5-18-36(19-6-1)40-32-46(54-55(37-20-7-2-8-21-37)59-58(39-24-11-4-12-25-39)60-56(54)38-22-9-3-10-23-38)53-43-28-17-30-48(57(43)62-50(53)33-40)61-47-29-15-13-26-41(47)44-35-52-45(34-49(44)61)42-27-14-16-31-51(42)63-52/h1-35H. The summed E-state index contributed by atoms with van der Waals surface area (Å²) in [7, 11) is 0. The van der Waals surface area contributed by atoms with Crippen LogP contribution in [0.3, 0.4) is 0 Å². The number of rotatable bonds is 6. The molecule has 0 radical (unpaired) electrons. The van der Waals surface area contributed by atoms with E-state index in [1.807, 2.05) is 29.5 Å². The summed E-state index contributed by atoms with van der Waals surface area (Å²) in [5, 5.41) is 7.02. The molecule has 9 aromatic carbocycles. The third-order valence-corrected chi connectivity index (χ3v) is 13.5. The van der Waals surface area contributed by atoms with Crippen LogP contribution < -0.4 is 0 Å². The second-order valence-electron chi connectivity index (χ2n) is 16.1. The largest absolute Gasteiger partial charge is 0.454 e. The minimum absolute atomic E-state index is 0.672. The van der Waals surface area contributed by atoms with Crippen LogP contribution in [0.25, 0.3) is 126 Å². The maximum Gasteiger partial charge on any atom is 0.160 e. The van der Waals surface area contributed by atoms with E-state index in [0.717, 1.165) is 89.0 Å². The fourth-order valence-electron chi connectivity index (χ4n) is 9.57. The molecule has 4 nitrogen and oxygen atoms in total. The molecule has 0 spiro atoms. The zero-order chi connectivity index (χ0) is 41.4. The molecule has 4 aromatic heterocycles. The van der Waals surface area contributed by atoms with Crippen molar-refractivity contribution in [3.05, 3.63) is 212 Å². The Kier molecular flexibility index (Phi) is 8.05. The Bertz CT molecular complexity index is 3830. The van der Waals surface area contributed by atoms with Gasteiger partial charge >= 0.3 is 0 Å². The van der Waals surface area contributed by atoms with Gasteiger partial charge in [-0.15, -0.1) is 11.3 Å². The molecule has 0 bridgehead atoms. The van der Waals surface area contributed by atoms with Gasteiger partial charge < -0.3 is 8.98 Å². The highest BCUT2D eigenvalue weighted by Gasteiger charge is 2.26. The van der Waals surface area contributed by atoms with Gasteiger partial charge in [0.25, 0.3) is 0 Å². The van der Waals surface area contributed by atoms with E-state index in [4.69, 9.17) is 14.4 Å². The number of nitrogens with zero attached hydrogens (tertiary/aromatic N) is 3. The summed E-state index contributed by atoms with van der Waals surface area (Å²) in [5.74, 6) is 0.672. The molecule has 13 rings (SSSR count). The van der Waals surface area contributed by atoms with Crippen LogP contribution in [-0.4, -0.2) is 14.5 Å². The van der Waals surface area contributed by atoms with Crippen LogP contribution in [0.4, 0.5) is 0 Å². The number of fused-ring (bicyclic) bond motifs is 9. The Hall–Kier alpha value is -8.12. The van der Waals surface area contributed by atoms with Gasteiger partial charge in [0, 0.05) is 64.0 Å². The Balaban J connectivity index is 1.17. The molecule has 63 heavy (non-hydrogen) atoms. The van der Waals surface area contributed by atoms with Gasteiger partial charge in [0.1, 0.15) is 5.58 Å². The summed E-state index contributed by atoms with van der Waals surface area (Å²) in [5.41, 5.74) is 13.7. The Labute approximate surface area is 366 Å². The van der Waals surface area contributed by atoms with Crippen LogP contribution >= 0.6 is 11.3 Å². The predicted molar refractivity (Wildman–Crippen MR) is 264 cm³/mol. The highest BCUT2D eigenvalue weighted by atomic mass is 32.1. The molecule has 0 saturated heterocycles. The highest BCUT2D eigenvalue weighted by molar-refractivity contribution is 7.25. The molecule has 294 valence electrons. The van der Waals surface area contributed by atoms with E-state index in [1.54, 1.807) is 0 Å². The number of hydrogen-bond donors (Lipinski definition) is 0. The Morgan fingerprint density at radius 3 is 1.68 bits per heavy atom. The van der Waals surface area contributed by atoms with Crippen LogP contribution in [0.1, 0.15) is 0 Å². The first kappa shape index (κ1) is 35.6. The smallest absolute Gasteiger partial charge is 0.160 e. The van der Waals surface area contributed by atoms with Crippen molar-refractivity contribution in [2.45, 2.75) is 0 Å². The van der Waals surface area contributed by atoms with Crippen LogP contribution in [0.15, 0.2) is 217 Å². The molecule has 0 fully saturated rings. The molecule has 0 unspecified atom stereocenters. The molecular formula is C58H35N3OS. The molecule has 5 heteroatoms. The molecular weight excluding hydrogens is 787 g/mol. The fourth-order valence-corrected chi connectivity index (χ4v) is 10.7. The predicted octanol–water partition coefficient (Wildman–Crippen LogP) is 16.2. The van der Waals surface area contributed by atoms with Crippen molar-refractivity contribution in [3.63, 3.8) is 0 Å². The highest BCUT2D eigenvalue weighted by Crippen LogP contribution is 2.48. The van der Waals surface area contributed by atoms with Crippen molar-refractivity contribution in [1.29, 1.82) is 0 Å². The maximum absolute atomic E-state index is 7.30. The molecule has 0 atom stereocenters. The Morgan fingerprint density at radius 1 is 0.397 bits per heavy atom. The van der Waals surface area contributed by atoms with Crippen molar-refractivity contribution in [2.24, 2.45) is 0 Å². The average molecular weight is 822 g/mol. The minimum Gasteiger partial charge on any atom is -0.454 e. The van der Waals surface area contributed by atoms with Crippen molar-refractivity contribution in [3.8, 4) is 61.8 Å². The van der Waals surface area contributed by atoms with Gasteiger partial charge in [0.15, 0.2) is 11.4 Å². The van der Waals surface area contributed by atoms with E-state index < -0.39 is 0 Å². The summed E-state index contributed by atoms with van der Waals surface area (Å²) in [6, 6.07) is 75.2. The van der Waals surface area contributed by atoms with E-state index in [9.17, 15) is 0 Å². The van der Waals surface area contributed by atoms with Gasteiger partial charge in [0.05, 0.1) is 28.1 Å². The lowest BCUT2D eigenvalue weighted by Crippen LogP contribution is -2.01. The quantitative estimate of drug-likeness (QED) is 0.168. The first-order chi connectivity index (χ1) is 31.2. The first-order valence-electron chi connectivity index (χ1n) is 21.2. The zero-order valence-corrected chi connectivity index (χ0v) is 34.7. The number of thiophene rings is 1. The fraction of sp³-hybridized carbons (Fsp3) is 0. The average Bonchev–Trinajstić information content (AvgIpc) is 4.03. The first-order valence-corrected chi connectivity index (χ1v) is 22.0. The third-order valence-electron chi connectivity index (χ3n) is 12.4. The topological polar surface area (TPSA) is 43.9 Å². The van der Waals surface area contributed by atoms with E-state index >= 15 is 0 Å². The summed E-state index contributed by atoms with van der Waals surface area (Å²) in [6.07, 6.45) is 0. The molecule has 4 heterocycles. The van der Waals surface area contributed by atoms with Crippen LogP contribution in [0, 0.1) is 0 Å². The number of hydrogen-bond acceptors (Lipinski definition) is 4. The number of para-hydroxylation sites is 2. The summed E-state index contributed by atoms with van der Waals surface area (Å²) in [4.78, 5) is 10.9.